The van der Waals surface area contributed by atoms with Gasteiger partial charge < -0.3 is 33.2 Å². The lowest BCUT2D eigenvalue weighted by Gasteiger charge is -2.59. The first-order valence-corrected chi connectivity index (χ1v) is 14.4. The summed E-state index contributed by atoms with van der Waals surface area (Å²) < 4.78 is 40.0. The van der Waals surface area contributed by atoms with Gasteiger partial charge in [-0.05, 0) is 56.4 Å². The fourth-order valence-electron chi connectivity index (χ4n) is 7.53. The van der Waals surface area contributed by atoms with Crippen molar-refractivity contribution < 1.29 is 42.7 Å². The second-order valence-corrected chi connectivity index (χ2v) is 11.9. The van der Waals surface area contributed by atoms with E-state index in [0.29, 0.717) is 43.0 Å². The van der Waals surface area contributed by atoms with Crippen LogP contribution in [0.4, 0.5) is 0 Å². The van der Waals surface area contributed by atoms with Crippen molar-refractivity contribution in [3.05, 3.63) is 22.8 Å². The van der Waals surface area contributed by atoms with Crippen molar-refractivity contribution in [3.63, 3.8) is 0 Å². The largest absolute Gasteiger partial charge is 0.496 e. The van der Waals surface area contributed by atoms with E-state index in [9.17, 15) is 9.59 Å². The lowest BCUT2D eigenvalue weighted by molar-refractivity contribution is -0.215. The number of esters is 2. The third-order valence-electron chi connectivity index (χ3n) is 8.97. The number of hydrogen-bond donors (Lipinski definition) is 0. The highest BCUT2D eigenvalue weighted by Gasteiger charge is 2.63. The maximum Gasteiger partial charge on any atom is 0.312 e. The normalized spacial score (nSPS) is 27.4. The van der Waals surface area contributed by atoms with E-state index in [1.54, 1.807) is 28.4 Å². The summed E-state index contributed by atoms with van der Waals surface area (Å²) in [7, 11) is 6.46. The Morgan fingerprint density at radius 3 is 2.10 bits per heavy atom. The molecule has 0 spiro atoms. The van der Waals surface area contributed by atoms with Crippen molar-refractivity contribution >= 4 is 11.9 Å². The van der Waals surface area contributed by atoms with Crippen LogP contribution in [0.5, 0.6) is 11.5 Å². The van der Waals surface area contributed by atoms with Gasteiger partial charge in [0, 0.05) is 31.8 Å². The van der Waals surface area contributed by atoms with Gasteiger partial charge in [-0.3, -0.25) is 9.59 Å². The second kappa shape index (κ2) is 13.1. The Hall–Kier alpha value is -2.36. The van der Waals surface area contributed by atoms with Gasteiger partial charge in [0.1, 0.15) is 23.7 Å². The van der Waals surface area contributed by atoms with Crippen LogP contribution in [0, 0.1) is 23.2 Å². The summed E-state index contributed by atoms with van der Waals surface area (Å²) >= 11 is 0. The standard InChI is InChI=1S/C31H46O9/c1-7-20(2)28(32)40-31-14-21-10-22(15-31)13-30(12-21,19-31)29(33)39-9-8-38-17-24-11-23(16-34-3)26(36-5)25(18-35-4)27(24)37-6/h11,20-22H,7-10,12-19H2,1-6H3. The van der Waals surface area contributed by atoms with Gasteiger partial charge in [0.25, 0.3) is 0 Å². The third-order valence-corrected chi connectivity index (χ3v) is 8.97. The van der Waals surface area contributed by atoms with Crippen molar-refractivity contribution in [1.82, 2.24) is 0 Å². The van der Waals surface area contributed by atoms with Crippen molar-refractivity contribution in [2.45, 2.75) is 84.2 Å². The summed E-state index contributed by atoms with van der Waals surface area (Å²) in [6.45, 7) is 5.25. The first-order valence-electron chi connectivity index (χ1n) is 14.4. The Labute approximate surface area is 238 Å². The van der Waals surface area contributed by atoms with E-state index in [0.717, 1.165) is 55.2 Å². The molecule has 4 aliphatic carbocycles. The molecule has 224 valence electrons. The molecule has 4 saturated carbocycles. The summed E-state index contributed by atoms with van der Waals surface area (Å²) in [6.07, 6.45) is 5.80. The SMILES string of the molecule is CCC(C)C(=O)OC12CC3CC(C1)CC(C(=O)OCCOCc1cc(COC)c(OC)c(COC)c1OC)(C3)C2. The summed E-state index contributed by atoms with van der Waals surface area (Å²) in [4.78, 5) is 26.2. The van der Waals surface area contributed by atoms with Gasteiger partial charge in [-0.2, -0.15) is 0 Å². The van der Waals surface area contributed by atoms with Crippen LogP contribution in [0.3, 0.4) is 0 Å². The van der Waals surface area contributed by atoms with Crippen LogP contribution in [-0.2, 0) is 53.1 Å². The van der Waals surface area contributed by atoms with Crippen LogP contribution in [0.2, 0.25) is 0 Å². The van der Waals surface area contributed by atoms with E-state index in [-0.39, 0.29) is 37.7 Å². The zero-order valence-corrected chi connectivity index (χ0v) is 25.0. The number of rotatable bonds is 15. The average Bonchev–Trinajstić information content (AvgIpc) is 2.91. The van der Waals surface area contributed by atoms with Gasteiger partial charge in [0.15, 0.2) is 0 Å². The maximum absolute atomic E-state index is 13.5. The first-order chi connectivity index (χ1) is 19.2. The van der Waals surface area contributed by atoms with Crippen LogP contribution in [-0.4, -0.2) is 59.2 Å². The van der Waals surface area contributed by atoms with E-state index >= 15 is 0 Å². The zero-order valence-electron chi connectivity index (χ0n) is 25.0. The van der Waals surface area contributed by atoms with Gasteiger partial charge in [-0.15, -0.1) is 0 Å². The van der Waals surface area contributed by atoms with Crippen LogP contribution in [0.25, 0.3) is 0 Å². The highest BCUT2D eigenvalue weighted by Crippen LogP contribution is 2.63. The highest BCUT2D eigenvalue weighted by molar-refractivity contribution is 5.78. The highest BCUT2D eigenvalue weighted by atomic mass is 16.6. The van der Waals surface area contributed by atoms with E-state index in [1.807, 2.05) is 19.9 Å². The molecule has 0 amide bonds. The minimum atomic E-state index is -0.566. The van der Waals surface area contributed by atoms with E-state index < -0.39 is 11.0 Å². The smallest absolute Gasteiger partial charge is 0.312 e. The average molecular weight is 563 g/mol. The number of carbonyl (C=O) groups excluding carboxylic acids is 2. The molecular formula is C31H46O9. The first kappa shape index (κ1) is 30.6. The van der Waals surface area contributed by atoms with Crippen molar-refractivity contribution in [2.24, 2.45) is 23.2 Å². The molecule has 0 aliphatic heterocycles. The molecule has 0 aromatic heterocycles. The Kier molecular flexibility index (Phi) is 10.0. The number of ether oxygens (including phenoxy) is 7. The minimum Gasteiger partial charge on any atom is -0.496 e. The molecule has 9 nitrogen and oxygen atoms in total. The Morgan fingerprint density at radius 1 is 0.900 bits per heavy atom. The fourth-order valence-corrected chi connectivity index (χ4v) is 7.53. The molecule has 0 heterocycles. The fraction of sp³-hybridized carbons (Fsp3) is 0.742. The second-order valence-electron chi connectivity index (χ2n) is 11.9. The molecule has 1 aromatic rings. The molecule has 0 radical (unpaired) electrons. The lowest BCUT2D eigenvalue weighted by atomic mass is 9.48. The Morgan fingerprint density at radius 2 is 1.52 bits per heavy atom. The summed E-state index contributed by atoms with van der Waals surface area (Å²) in [5, 5.41) is 0. The van der Waals surface area contributed by atoms with Gasteiger partial charge >= 0.3 is 11.9 Å². The van der Waals surface area contributed by atoms with Crippen LogP contribution in [0.15, 0.2) is 6.07 Å². The van der Waals surface area contributed by atoms with E-state index in [2.05, 4.69) is 0 Å². The molecule has 4 bridgehead atoms. The Bertz CT molecular complexity index is 1040. The number of hydrogen-bond acceptors (Lipinski definition) is 9. The van der Waals surface area contributed by atoms with Crippen molar-refractivity contribution in [1.29, 1.82) is 0 Å². The van der Waals surface area contributed by atoms with Crippen LogP contribution >= 0.6 is 0 Å². The number of methoxy groups -OCH3 is 4. The Balaban J connectivity index is 1.36. The monoisotopic (exact) mass is 562 g/mol. The molecule has 5 rings (SSSR count). The molecule has 0 saturated heterocycles. The molecule has 4 aliphatic rings. The van der Waals surface area contributed by atoms with E-state index in [4.69, 9.17) is 33.2 Å². The maximum atomic E-state index is 13.5. The number of benzene rings is 1. The molecule has 9 heteroatoms. The molecule has 3 unspecified atom stereocenters. The quantitative estimate of drug-likeness (QED) is 0.216. The van der Waals surface area contributed by atoms with Crippen LogP contribution < -0.4 is 9.47 Å². The topological polar surface area (TPSA) is 98.8 Å². The van der Waals surface area contributed by atoms with Crippen molar-refractivity contribution in [2.75, 3.05) is 41.7 Å². The molecular weight excluding hydrogens is 516 g/mol. The summed E-state index contributed by atoms with van der Waals surface area (Å²) in [6, 6.07) is 1.95. The lowest BCUT2D eigenvalue weighted by Crippen LogP contribution is -2.60. The summed E-state index contributed by atoms with van der Waals surface area (Å²) in [5.41, 5.74) is 1.40. The summed E-state index contributed by atoms with van der Waals surface area (Å²) in [5.74, 6) is 1.66. The van der Waals surface area contributed by atoms with Gasteiger partial charge in [-0.25, -0.2) is 0 Å². The molecule has 0 N–H and O–H groups in total. The molecule has 3 atom stereocenters. The third kappa shape index (κ3) is 6.26. The van der Waals surface area contributed by atoms with Crippen molar-refractivity contribution in [3.8, 4) is 11.5 Å². The van der Waals surface area contributed by atoms with Gasteiger partial charge in [0.2, 0.25) is 0 Å². The molecule has 1 aromatic carbocycles. The predicted molar refractivity (Wildman–Crippen MR) is 147 cm³/mol. The minimum absolute atomic E-state index is 0.131. The predicted octanol–water partition coefficient (Wildman–Crippen LogP) is 4.98. The van der Waals surface area contributed by atoms with Gasteiger partial charge in [0.05, 0.1) is 57.5 Å². The molecule has 4 fully saturated rings. The van der Waals surface area contributed by atoms with Gasteiger partial charge in [-0.1, -0.05) is 13.8 Å². The van der Waals surface area contributed by atoms with Crippen LogP contribution in [0.1, 0.15) is 75.5 Å². The van der Waals surface area contributed by atoms with E-state index in [1.165, 1.54) is 0 Å². The zero-order chi connectivity index (χ0) is 28.9. The number of carbonyl (C=O) groups is 2. The molecule has 40 heavy (non-hydrogen) atoms.